The van der Waals surface area contributed by atoms with Crippen LogP contribution in [0.5, 0.6) is 0 Å². The Hall–Kier alpha value is -0.450. The molecule has 0 aliphatic carbocycles. The fourth-order valence-electron chi connectivity index (χ4n) is 2.08. The summed E-state index contributed by atoms with van der Waals surface area (Å²) in [5, 5.41) is 3.32. The summed E-state index contributed by atoms with van der Waals surface area (Å²) in [5.41, 5.74) is 0.684. The van der Waals surface area contributed by atoms with Crippen molar-refractivity contribution in [2.45, 2.75) is 38.5 Å². The van der Waals surface area contributed by atoms with E-state index in [0.717, 1.165) is 23.9 Å². The van der Waals surface area contributed by atoms with Crippen molar-refractivity contribution in [3.8, 4) is 0 Å². The van der Waals surface area contributed by atoms with E-state index in [1.165, 1.54) is 6.07 Å². The molecule has 2 nitrogen and oxygen atoms in total. The first-order valence-corrected chi connectivity index (χ1v) is 6.75. The molecule has 0 bridgehead atoms. The smallest absolute Gasteiger partial charge is 0.127 e. The van der Waals surface area contributed by atoms with Gasteiger partial charge in [-0.2, -0.15) is 0 Å². The Labute approximate surface area is 110 Å². The summed E-state index contributed by atoms with van der Waals surface area (Å²) in [4.78, 5) is 0. The van der Waals surface area contributed by atoms with Crippen LogP contribution in [0.4, 0.5) is 4.39 Å². The number of nitrogens with one attached hydrogen (secondary N) is 1. The van der Waals surface area contributed by atoms with E-state index < -0.39 is 0 Å². The normalized spacial score (nSPS) is 21.7. The number of halogens is 2. The zero-order valence-electron chi connectivity index (χ0n) is 9.88. The highest BCUT2D eigenvalue weighted by atomic mass is 79.9. The van der Waals surface area contributed by atoms with Crippen molar-refractivity contribution >= 4 is 15.9 Å². The lowest BCUT2D eigenvalue weighted by atomic mass is 10.1. The molecule has 2 unspecified atom stereocenters. The Morgan fingerprint density at radius 1 is 1.59 bits per heavy atom. The summed E-state index contributed by atoms with van der Waals surface area (Å²) in [7, 11) is 0. The van der Waals surface area contributed by atoms with Gasteiger partial charge in [0.25, 0.3) is 0 Å². The van der Waals surface area contributed by atoms with Crippen molar-refractivity contribution in [3.63, 3.8) is 0 Å². The monoisotopic (exact) mass is 301 g/mol. The molecule has 0 aromatic heterocycles. The Bertz CT molecular complexity index is 380. The first-order valence-electron chi connectivity index (χ1n) is 5.96. The molecule has 2 atom stereocenters. The van der Waals surface area contributed by atoms with E-state index in [0.29, 0.717) is 12.1 Å². The minimum atomic E-state index is -0.166. The molecule has 1 N–H and O–H groups in total. The molecular formula is C13H17BrFNO. The number of benzene rings is 1. The summed E-state index contributed by atoms with van der Waals surface area (Å²) < 4.78 is 20.0. The highest BCUT2D eigenvalue weighted by molar-refractivity contribution is 9.10. The van der Waals surface area contributed by atoms with Crippen LogP contribution >= 0.6 is 15.9 Å². The van der Waals surface area contributed by atoms with Gasteiger partial charge in [0.15, 0.2) is 0 Å². The lowest BCUT2D eigenvalue weighted by Gasteiger charge is -2.20. The Morgan fingerprint density at radius 2 is 2.41 bits per heavy atom. The van der Waals surface area contributed by atoms with Gasteiger partial charge < -0.3 is 10.1 Å². The van der Waals surface area contributed by atoms with E-state index in [1.54, 1.807) is 6.07 Å². The molecule has 1 heterocycles. The van der Waals surface area contributed by atoms with Gasteiger partial charge in [-0.1, -0.05) is 15.9 Å². The molecule has 0 amide bonds. The predicted octanol–water partition coefficient (Wildman–Crippen LogP) is 3.25. The van der Waals surface area contributed by atoms with Crippen LogP contribution in [0.15, 0.2) is 22.7 Å². The van der Waals surface area contributed by atoms with E-state index in [2.05, 4.69) is 28.2 Å². The van der Waals surface area contributed by atoms with Gasteiger partial charge in [-0.05, 0) is 38.0 Å². The molecule has 94 valence electrons. The van der Waals surface area contributed by atoms with Crippen LogP contribution < -0.4 is 5.32 Å². The SMILES string of the molecule is CC(NCc1cc(Br)ccc1F)C1CCCO1. The zero-order valence-corrected chi connectivity index (χ0v) is 11.5. The maximum Gasteiger partial charge on any atom is 0.127 e. The Kier molecular flexibility index (Phi) is 4.54. The number of hydrogen-bond donors (Lipinski definition) is 1. The van der Waals surface area contributed by atoms with E-state index in [4.69, 9.17) is 4.74 Å². The van der Waals surface area contributed by atoms with Crippen LogP contribution in [-0.4, -0.2) is 18.8 Å². The topological polar surface area (TPSA) is 21.3 Å². The average molecular weight is 302 g/mol. The summed E-state index contributed by atoms with van der Waals surface area (Å²) in [6.45, 7) is 3.47. The van der Waals surface area contributed by atoms with Crippen molar-refractivity contribution in [2.75, 3.05) is 6.61 Å². The van der Waals surface area contributed by atoms with Crippen molar-refractivity contribution < 1.29 is 9.13 Å². The maximum atomic E-state index is 13.5. The van der Waals surface area contributed by atoms with Gasteiger partial charge in [-0.3, -0.25) is 0 Å². The second-order valence-electron chi connectivity index (χ2n) is 4.46. The molecule has 4 heteroatoms. The molecule has 1 saturated heterocycles. The van der Waals surface area contributed by atoms with Crippen LogP contribution in [-0.2, 0) is 11.3 Å². The molecule has 0 radical (unpaired) electrons. The quantitative estimate of drug-likeness (QED) is 0.922. The first kappa shape index (κ1) is 13.0. The third-order valence-corrected chi connectivity index (χ3v) is 3.64. The van der Waals surface area contributed by atoms with Gasteiger partial charge in [0.2, 0.25) is 0 Å². The molecule has 1 aromatic rings. The second kappa shape index (κ2) is 5.94. The van der Waals surface area contributed by atoms with Gasteiger partial charge >= 0.3 is 0 Å². The minimum Gasteiger partial charge on any atom is -0.377 e. The Morgan fingerprint density at radius 3 is 3.12 bits per heavy atom. The zero-order chi connectivity index (χ0) is 12.3. The predicted molar refractivity (Wildman–Crippen MR) is 69.4 cm³/mol. The van der Waals surface area contributed by atoms with Crippen LogP contribution in [0.1, 0.15) is 25.3 Å². The fourth-order valence-corrected chi connectivity index (χ4v) is 2.49. The summed E-state index contributed by atoms with van der Waals surface area (Å²) in [6.07, 6.45) is 2.49. The highest BCUT2D eigenvalue weighted by Crippen LogP contribution is 2.18. The van der Waals surface area contributed by atoms with Gasteiger partial charge in [-0.15, -0.1) is 0 Å². The van der Waals surface area contributed by atoms with E-state index in [1.807, 2.05) is 6.07 Å². The standard InChI is InChI=1S/C13H17BrFNO/c1-9(13-3-2-6-17-13)16-8-10-7-11(14)4-5-12(10)15/h4-5,7,9,13,16H,2-3,6,8H2,1H3. The molecule has 1 aromatic carbocycles. The third-order valence-electron chi connectivity index (χ3n) is 3.14. The maximum absolute atomic E-state index is 13.5. The van der Waals surface area contributed by atoms with Gasteiger partial charge in [0, 0.05) is 29.2 Å². The van der Waals surface area contributed by atoms with Crippen LogP contribution in [0.25, 0.3) is 0 Å². The van der Waals surface area contributed by atoms with Crippen molar-refractivity contribution in [1.29, 1.82) is 0 Å². The molecule has 0 spiro atoms. The molecule has 2 rings (SSSR count). The number of rotatable bonds is 4. The van der Waals surface area contributed by atoms with Crippen LogP contribution in [0.3, 0.4) is 0 Å². The molecule has 1 aliphatic rings. The fraction of sp³-hybridized carbons (Fsp3) is 0.538. The molecule has 17 heavy (non-hydrogen) atoms. The lowest BCUT2D eigenvalue weighted by Crippen LogP contribution is -2.36. The van der Waals surface area contributed by atoms with E-state index >= 15 is 0 Å². The average Bonchev–Trinajstić information content (AvgIpc) is 2.83. The van der Waals surface area contributed by atoms with E-state index in [9.17, 15) is 4.39 Å². The van der Waals surface area contributed by atoms with Crippen molar-refractivity contribution in [3.05, 3.63) is 34.1 Å². The molecule has 1 fully saturated rings. The second-order valence-corrected chi connectivity index (χ2v) is 5.37. The van der Waals surface area contributed by atoms with Crippen molar-refractivity contribution in [2.24, 2.45) is 0 Å². The van der Waals surface area contributed by atoms with E-state index in [-0.39, 0.29) is 18.0 Å². The Balaban J connectivity index is 1.90. The molecular weight excluding hydrogens is 285 g/mol. The summed E-state index contributed by atoms with van der Waals surface area (Å²) in [5.74, 6) is -0.166. The largest absolute Gasteiger partial charge is 0.377 e. The van der Waals surface area contributed by atoms with Gasteiger partial charge in [0.05, 0.1) is 6.10 Å². The van der Waals surface area contributed by atoms with Crippen molar-refractivity contribution in [1.82, 2.24) is 5.32 Å². The lowest BCUT2D eigenvalue weighted by molar-refractivity contribution is 0.0831. The number of hydrogen-bond acceptors (Lipinski definition) is 2. The van der Waals surface area contributed by atoms with Gasteiger partial charge in [-0.25, -0.2) is 4.39 Å². The summed E-state index contributed by atoms with van der Waals surface area (Å²) in [6, 6.07) is 5.26. The molecule has 0 saturated carbocycles. The van der Waals surface area contributed by atoms with Crippen LogP contribution in [0.2, 0.25) is 0 Å². The molecule has 1 aliphatic heterocycles. The van der Waals surface area contributed by atoms with Crippen LogP contribution in [0, 0.1) is 5.82 Å². The minimum absolute atomic E-state index is 0.166. The first-order chi connectivity index (χ1) is 8.16. The summed E-state index contributed by atoms with van der Waals surface area (Å²) >= 11 is 3.35. The van der Waals surface area contributed by atoms with Gasteiger partial charge in [0.1, 0.15) is 5.82 Å². The number of ether oxygens (including phenoxy) is 1. The third kappa shape index (κ3) is 3.50. The highest BCUT2D eigenvalue weighted by Gasteiger charge is 2.21.